The summed E-state index contributed by atoms with van der Waals surface area (Å²) in [5.74, 6) is 0.788. The Hall–Kier alpha value is -2.41. The van der Waals surface area contributed by atoms with Crippen LogP contribution in [-0.4, -0.2) is 48.8 Å². The Bertz CT molecular complexity index is 670. The molecule has 3 N–H and O–H groups in total. The first-order chi connectivity index (χ1) is 12.4. The Morgan fingerprint density at radius 2 is 1.42 bits per heavy atom. The smallest absolute Gasteiger partial charge is 0.254 e. The Morgan fingerprint density at radius 1 is 0.923 bits per heavy atom. The number of nitrogens with zero attached hydrogens (tertiary/aromatic N) is 1. The largest absolute Gasteiger partial charge is 0.339 e. The molecule has 2 fully saturated rings. The van der Waals surface area contributed by atoms with Crippen molar-refractivity contribution >= 4 is 29.1 Å². The van der Waals surface area contributed by atoms with Crippen molar-refractivity contribution in [1.29, 1.82) is 0 Å². The maximum Gasteiger partial charge on any atom is 0.254 e. The lowest BCUT2D eigenvalue weighted by Gasteiger charge is -2.22. The van der Waals surface area contributed by atoms with Gasteiger partial charge in [-0.05, 0) is 56.0 Å². The van der Waals surface area contributed by atoms with Crippen LogP contribution >= 0.6 is 0 Å². The van der Waals surface area contributed by atoms with Gasteiger partial charge in [0.15, 0.2) is 0 Å². The van der Waals surface area contributed by atoms with Gasteiger partial charge in [-0.15, -0.1) is 0 Å². The maximum atomic E-state index is 13.0. The Labute approximate surface area is 153 Å². The second kappa shape index (κ2) is 7.86. The third kappa shape index (κ3) is 4.40. The molecule has 2 atom stereocenters. The van der Waals surface area contributed by atoms with Crippen molar-refractivity contribution in [3.05, 3.63) is 23.8 Å². The number of amides is 3. The highest BCUT2D eigenvalue weighted by molar-refractivity contribution is 6.00. The van der Waals surface area contributed by atoms with E-state index in [1.807, 2.05) is 4.90 Å². The molecule has 26 heavy (non-hydrogen) atoms. The maximum absolute atomic E-state index is 13.0. The van der Waals surface area contributed by atoms with Gasteiger partial charge in [0, 0.05) is 43.9 Å². The van der Waals surface area contributed by atoms with E-state index in [0.29, 0.717) is 28.8 Å². The Morgan fingerprint density at radius 3 is 1.88 bits per heavy atom. The molecule has 0 aromatic heterocycles. The lowest BCUT2D eigenvalue weighted by atomic mass is 9.92. The second-order valence-electron chi connectivity index (χ2n) is 7.21. The number of carbonyl (C=O) groups excluding carboxylic acids is 3. The highest BCUT2D eigenvalue weighted by Crippen LogP contribution is 2.28. The van der Waals surface area contributed by atoms with Crippen molar-refractivity contribution in [2.24, 2.45) is 11.8 Å². The average molecular weight is 358 g/mol. The predicted octanol–water partition coefficient (Wildman–Crippen LogP) is 1.67. The number of carbonyl (C=O) groups is 3. The van der Waals surface area contributed by atoms with Crippen LogP contribution < -0.4 is 16.0 Å². The van der Waals surface area contributed by atoms with Gasteiger partial charge in [0.25, 0.3) is 5.91 Å². The zero-order valence-corrected chi connectivity index (χ0v) is 15.3. The number of rotatable bonds is 3. The monoisotopic (exact) mass is 358 g/mol. The normalized spacial score (nSPS) is 22.3. The zero-order valence-electron chi connectivity index (χ0n) is 15.3. The standard InChI is InChI=1S/C19H26N4O3/c1-12(24)21-17-7-16(8-18(9-17)22-13(2)25)19(26)23-5-3-14-10-20-11-15(14)4-6-23/h7-9,14-15,20H,3-6,10-11H2,1-2H3,(H,21,24)(H,22,25)/t14-,15+. The summed E-state index contributed by atoms with van der Waals surface area (Å²) in [5, 5.41) is 8.82. The molecule has 140 valence electrons. The molecule has 3 amide bonds. The minimum atomic E-state index is -0.224. The SMILES string of the molecule is CC(=O)Nc1cc(NC(C)=O)cc(C(=O)N2CC[C@@H]3CNC[C@@H]3CC2)c1. The first kappa shape index (κ1) is 18.4. The van der Waals surface area contributed by atoms with Crippen molar-refractivity contribution < 1.29 is 14.4 Å². The molecular weight excluding hydrogens is 332 g/mol. The molecule has 0 spiro atoms. The highest BCUT2D eigenvalue weighted by atomic mass is 16.2. The summed E-state index contributed by atoms with van der Waals surface area (Å²) < 4.78 is 0. The van der Waals surface area contributed by atoms with E-state index >= 15 is 0 Å². The molecule has 7 nitrogen and oxygen atoms in total. The summed E-state index contributed by atoms with van der Waals surface area (Å²) in [4.78, 5) is 37.7. The van der Waals surface area contributed by atoms with Crippen molar-refractivity contribution in [1.82, 2.24) is 10.2 Å². The predicted molar refractivity (Wildman–Crippen MR) is 100 cm³/mol. The molecule has 0 unspecified atom stereocenters. The van der Waals surface area contributed by atoms with Crippen molar-refractivity contribution in [2.45, 2.75) is 26.7 Å². The van der Waals surface area contributed by atoms with Crippen LogP contribution in [0, 0.1) is 11.8 Å². The average Bonchev–Trinajstić information content (AvgIpc) is 2.91. The van der Waals surface area contributed by atoms with E-state index in [4.69, 9.17) is 0 Å². The first-order valence-corrected chi connectivity index (χ1v) is 9.12. The van der Waals surface area contributed by atoms with Gasteiger partial charge in [0.05, 0.1) is 0 Å². The molecule has 2 aliphatic rings. The van der Waals surface area contributed by atoms with Gasteiger partial charge in [0.1, 0.15) is 0 Å². The summed E-state index contributed by atoms with van der Waals surface area (Å²) >= 11 is 0. The van der Waals surface area contributed by atoms with E-state index in [0.717, 1.165) is 39.0 Å². The van der Waals surface area contributed by atoms with E-state index in [1.165, 1.54) is 13.8 Å². The molecule has 1 aromatic carbocycles. The number of nitrogens with one attached hydrogen (secondary N) is 3. The van der Waals surface area contributed by atoms with Crippen LogP contribution in [0.3, 0.4) is 0 Å². The third-order valence-electron chi connectivity index (χ3n) is 5.13. The Balaban J connectivity index is 1.80. The molecule has 2 heterocycles. The zero-order chi connectivity index (χ0) is 18.7. The lowest BCUT2D eigenvalue weighted by Crippen LogP contribution is -2.33. The topological polar surface area (TPSA) is 90.5 Å². The fraction of sp³-hybridized carbons (Fsp3) is 0.526. The number of benzene rings is 1. The molecule has 0 bridgehead atoms. The van der Waals surface area contributed by atoms with Crippen molar-refractivity contribution in [3.8, 4) is 0 Å². The number of fused-ring (bicyclic) bond motifs is 1. The van der Waals surface area contributed by atoms with Crippen LogP contribution in [0.25, 0.3) is 0 Å². The van der Waals surface area contributed by atoms with E-state index < -0.39 is 0 Å². The highest BCUT2D eigenvalue weighted by Gasteiger charge is 2.31. The minimum absolute atomic E-state index is 0.0586. The number of hydrogen-bond acceptors (Lipinski definition) is 4. The number of anilines is 2. The number of likely N-dealkylation sites (tertiary alicyclic amines) is 1. The van der Waals surface area contributed by atoms with Gasteiger partial charge in [0.2, 0.25) is 11.8 Å². The molecule has 2 saturated heterocycles. The molecular formula is C19H26N4O3. The van der Waals surface area contributed by atoms with E-state index in [-0.39, 0.29) is 17.7 Å². The Kier molecular flexibility index (Phi) is 5.56. The third-order valence-corrected chi connectivity index (χ3v) is 5.13. The van der Waals surface area contributed by atoms with Gasteiger partial charge in [-0.3, -0.25) is 14.4 Å². The summed E-state index contributed by atoms with van der Waals surface area (Å²) in [5.41, 5.74) is 1.48. The summed E-state index contributed by atoms with van der Waals surface area (Å²) in [6, 6.07) is 4.99. The van der Waals surface area contributed by atoms with E-state index in [1.54, 1.807) is 18.2 Å². The van der Waals surface area contributed by atoms with Crippen LogP contribution in [0.4, 0.5) is 11.4 Å². The fourth-order valence-electron chi connectivity index (χ4n) is 3.91. The summed E-state index contributed by atoms with van der Waals surface area (Å²) in [6.45, 7) is 6.38. The quantitative estimate of drug-likeness (QED) is 0.767. The van der Waals surface area contributed by atoms with Gasteiger partial charge in [-0.25, -0.2) is 0 Å². The fourth-order valence-corrected chi connectivity index (χ4v) is 3.91. The van der Waals surface area contributed by atoms with Crippen molar-refractivity contribution in [3.63, 3.8) is 0 Å². The van der Waals surface area contributed by atoms with Crippen LogP contribution in [0.1, 0.15) is 37.0 Å². The van der Waals surface area contributed by atoms with Crippen LogP contribution in [-0.2, 0) is 9.59 Å². The van der Waals surface area contributed by atoms with Gasteiger partial charge in [-0.1, -0.05) is 0 Å². The molecule has 0 aliphatic carbocycles. The molecule has 3 rings (SSSR count). The van der Waals surface area contributed by atoms with Gasteiger partial charge >= 0.3 is 0 Å². The van der Waals surface area contributed by atoms with Gasteiger partial charge in [-0.2, -0.15) is 0 Å². The van der Waals surface area contributed by atoms with Crippen LogP contribution in [0.15, 0.2) is 18.2 Å². The molecule has 2 aliphatic heterocycles. The molecule has 1 aromatic rings. The number of hydrogen-bond donors (Lipinski definition) is 3. The lowest BCUT2D eigenvalue weighted by molar-refractivity contribution is -0.115. The van der Waals surface area contributed by atoms with E-state index in [9.17, 15) is 14.4 Å². The second-order valence-corrected chi connectivity index (χ2v) is 7.21. The molecule has 0 saturated carbocycles. The molecule has 7 heteroatoms. The first-order valence-electron chi connectivity index (χ1n) is 9.12. The van der Waals surface area contributed by atoms with Crippen LogP contribution in [0.5, 0.6) is 0 Å². The van der Waals surface area contributed by atoms with E-state index in [2.05, 4.69) is 16.0 Å². The van der Waals surface area contributed by atoms with Crippen LogP contribution in [0.2, 0.25) is 0 Å². The molecule has 0 radical (unpaired) electrons. The summed E-state index contributed by atoms with van der Waals surface area (Å²) in [6.07, 6.45) is 2.01. The van der Waals surface area contributed by atoms with Gasteiger partial charge < -0.3 is 20.9 Å². The minimum Gasteiger partial charge on any atom is -0.339 e. The van der Waals surface area contributed by atoms with Crippen molar-refractivity contribution in [2.75, 3.05) is 36.8 Å². The summed E-state index contributed by atoms with van der Waals surface area (Å²) in [7, 11) is 0.